The molecule has 0 bridgehead atoms. The van der Waals surface area contributed by atoms with Crippen molar-refractivity contribution in [1.29, 1.82) is 0 Å². The molecule has 0 amide bonds. The van der Waals surface area contributed by atoms with Crippen LogP contribution >= 0.6 is 35.6 Å². The SMILES string of the molecule is CN=C(NCCc1nc(-c2cccc(Cl)c2)no1)NC1CCc2ncnn2C1.I. The smallest absolute Gasteiger partial charge is 0.228 e. The number of benzene rings is 1. The summed E-state index contributed by atoms with van der Waals surface area (Å²) in [6.07, 6.45) is 4.09. The molecule has 0 saturated carbocycles. The standard InChI is InChI=1S/C18H21ClN8O.HI/c1-20-18(24-14-5-6-15-22-11-23-27(15)10-14)21-8-7-16-25-17(26-28-16)12-3-2-4-13(19)9-12;/h2-4,9,11,14H,5-8,10H2,1H3,(H2,20,21,24);1H. The molecule has 29 heavy (non-hydrogen) atoms. The maximum absolute atomic E-state index is 6.01. The summed E-state index contributed by atoms with van der Waals surface area (Å²) in [5.74, 6) is 2.87. The molecule has 2 aromatic heterocycles. The highest BCUT2D eigenvalue weighted by atomic mass is 127. The van der Waals surface area contributed by atoms with Crippen LogP contribution in [0.3, 0.4) is 0 Å². The minimum absolute atomic E-state index is 0. The molecule has 1 unspecified atom stereocenters. The Kier molecular flexibility index (Phi) is 7.42. The van der Waals surface area contributed by atoms with Crippen LogP contribution in [0.4, 0.5) is 0 Å². The van der Waals surface area contributed by atoms with E-state index in [4.69, 9.17) is 16.1 Å². The minimum Gasteiger partial charge on any atom is -0.356 e. The molecule has 11 heteroatoms. The molecule has 3 aromatic rings. The van der Waals surface area contributed by atoms with E-state index in [0.717, 1.165) is 36.7 Å². The van der Waals surface area contributed by atoms with Crippen molar-refractivity contribution >= 4 is 41.5 Å². The zero-order valence-corrected chi connectivity index (χ0v) is 19.0. The minimum atomic E-state index is 0. The molecule has 1 aliphatic heterocycles. The van der Waals surface area contributed by atoms with Gasteiger partial charge in [-0.05, 0) is 18.6 Å². The summed E-state index contributed by atoms with van der Waals surface area (Å²) >= 11 is 6.01. The number of aromatic nitrogens is 5. The Morgan fingerprint density at radius 3 is 3.14 bits per heavy atom. The third-order valence-electron chi connectivity index (χ3n) is 4.55. The maximum atomic E-state index is 6.01. The van der Waals surface area contributed by atoms with Crippen LogP contribution in [0.15, 0.2) is 40.1 Å². The van der Waals surface area contributed by atoms with Crippen molar-refractivity contribution in [3.8, 4) is 11.4 Å². The van der Waals surface area contributed by atoms with Crippen molar-refractivity contribution in [3.63, 3.8) is 0 Å². The van der Waals surface area contributed by atoms with E-state index in [0.29, 0.717) is 29.7 Å². The quantitative estimate of drug-likeness (QED) is 0.297. The molecule has 154 valence electrons. The number of nitrogens with zero attached hydrogens (tertiary/aromatic N) is 6. The van der Waals surface area contributed by atoms with Crippen molar-refractivity contribution < 1.29 is 4.52 Å². The summed E-state index contributed by atoms with van der Waals surface area (Å²) in [6, 6.07) is 7.64. The normalized spacial score (nSPS) is 16.1. The van der Waals surface area contributed by atoms with Crippen molar-refractivity contribution in [1.82, 2.24) is 35.5 Å². The third kappa shape index (κ3) is 5.44. The predicted molar refractivity (Wildman–Crippen MR) is 120 cm³/mol. The lowest BCUT2D eigenvalue weighted by Crippen LogP contribution is -2.47. The number of aliphatic imine (C=N–C) groups is 1. The Morgan fingerprint density at radius 2 is 2.31 bits per heavy atom. The van der Waals surface area contributed by atoms with Crippen LogP contribution in [-0.2, 0) is 19.4 Å². The van der Waals surface area contributed by atoms with Gasteiger partial charge in [0.15, 0.2) is 5.96 Å². The van der Waals surface area contributed by atoms with E-state index >= 15 is 0 Å². The zero-order chi connectivity index (χ0) is 19.3. The van der Waals surface area contributed by atoms with Crippen molar-refractivity contribution in [2.75, 3.05) is 13.6 Å². The first-order valence-corrected chi connectivity index (χ1v) is 9.51. The van der Waals surface area contributed by atoms with Gasteiger partial charge >= 0.3 is 0 Å². The van der Waals surface area contributed by atoms with Crippen LogP contribution in [0.1, 0.15) is 18.1 Å². The van der Waals surface area contributed by atoms with E-state index in [1.807, 2.05) is 28.9 Å². The highest BCUT2D eigenvalue weighted by molar-refractivity contribution is 14.0. The Balaban J connectivity index is 0.00000240. The number of fused-ring (bicyclic) bond motifs is 1. The van der Waals surface area contributed by atoms with Crippen LogP contribution in [0, 0.1) is 0 Å². The number of hydrogen-bond donors (Lipinski definition) is 2. The monoisotopic (exact) mass is 528 g/mol. The topological polar surface area (TPSA) is 106 Å². The Morgan fingerprint density at radius 1 is 1.41 bits per heavy atom. The first-order chi connectivity index (χ1) is 13.7. The molecule has 4 rings (SSSR count). The molecule has 0 fully saturated rings. The second-order valence-corrected chi connectivity index (χ2v) is 6.95. The second-order valence-electron chi connectivity index (χ2n) is 6.51. The molecule has 3 heterocycles. The van der Waals surface area contributed by atoms with Gasteiger partial charge in [-0.25, -0.2) is 9.67 Å². The van der Waals surface area contributed by atoms with E-state index in [-0.39, 0.29) is 30.0 Å². The van der Waals surface area contributed by atoms with E-state index in [9.17, 15) is 0 Å². The number of halogens is 2. The van der Waals surface area contributed by atoms with Crippen molar-refractivity contribution in [2.45, 2.75) is 31.8 Å². The fourth-order valence-corrected chi connectivity index (χ4v) is 3.32. The average Bonchev–Trinajstić information content (AvgIpc) is 3.36. The van der Waals surface area contributed by atoms with Gasteiger partial charge in [-0.15, -0.1) is 24.0 Å². The van der Waals surface area contributed by atoms with Gasteiger partial charge in [-0.3, -0.25) is 4.99 Å². The molecule has 0 spiro atoms. The molecular formula is C18H22ClIN8O. The number of aryl methyl sites for hydroxylation is 1. The fraction of sp³-hybridized carbons (Fsp3) is 0.389. The Bertz CT molecular complexity index is 972. The molecule has 1 atom stereocenters. The molecule has 0 aliphatic carbocycles. The summed E-state index contributed by atoms with van der Waals surface area (Å²) in [5, 5.41) is 15.6. The lowest BCUT2D eigenvalue weighted by atomic mass is 10.1. The van der Waals surface area contributed by atoms with Gasteiger partial charge < -0.3 is 15.2 Å². The summed E-state index contributed by atoms with van der Waals surface area (Å²) in [4.78, 5) is 13.0. The first-order valence-electron chi connectivity index (χ1n) is 9.13. The van der Waals surface area contributed by atoms with E-state index in [1.54, 1.807) is 13.4 Å². The van der Waals surface area contributed by atoms with Gasteiger partial charge in [-0.2, -0.15) is 10.1 Å². The van der Waals surface area contributed by atoms with Crippen molar-refractivity contribution in [2.24, 2.45) is 4.99 Å². The van der Waals surface area contributed by atoms with Gasteiger partial charge in [0.2, 0.25) is 11.7 Å². The number of nitrogens with one attached hydrogen (secondary N) is 2. The van der Waals surface area contributed by atoms with E-state index < -0.39 is 0 Å². The molecule has 1 aromatic carbocycles. The van der Waals surface area contributed by atoms with Gasteiger partial charge in [0.25, 0.3) is 0 Å². The van der Waals surface area contributed by atoms with Crippen LogP contribution in [0.25, 0.3) is 11.4 Å². The Labute approximate surface area is 190 Å². The van der Waals surface area contributed by atoms with Crippen LogP contribution in [0.5, 0.6) is 0 Å². The van der Waals surface area contributed by atoms with E-state index in [2.05, 4.69) is 35.8 Å². The fourth-order valence-electron chi connectivity index (χ4n) is 3.13. The molecule has 0 saturated heterocycles. The number of hydrogen-bond acceptors (Lipinski definition) is 6. The highest BCUT2D eigenvalue weighted by Gasteiger charge is 2.20. The maximum Gasteiger partial charge on any atom is 0.228 e. The molecular weight excluding hydrogens is 507 g/mol. The largest absolute Gasteiger partial charge is 0.356 e. The van der Waals surface area contributed by atoms with Gasteiger partial charge in [0, 0.05) is 43.1 Å². The summed E-state index contributed by atoms with van der Waals surface area (Å²) in [6.45, 7) is 1.40. The first kappa shape index (κ1) is 21.5. The zero-order valence-electron chi connectivity index (χ0n) is 15.9. The summed E-state index contributed by atoms with van der Waals surface area (Å²) in [7, 11) is 1.75. The average molecular weight is 529 g/mol. The molecule has 2 N–H and O–H groups in total. The lowest BCUT2D eigenvalue weighted by molar-refractivity contribution is 0.377. The molecule has 9 nitrogen and oxygen atoms in total. The lowest BCUT2D eigenvalue weighted by Gasteiger charge is -2.25. The van der Waals surface area contributed by atoms with Crippen molar-refractivity contribution in [3.05, 3.63) is 47.3 Å². The third-order valence-corrected chi connectivity index (χ3v) is 4.79. The number of rotatable bonds is 5. The summed E-state index contributed by atoms with van der Waals surface area (Å²) < 4.78 is 7.27. The molecule has 0 radical (unpaired) electrons. The van der Waals surface area contributed by atoms with Gasteiger partial charge in [-0.1, -0.05) is 28.9 Å². The molecule has 1 aliphatic rings. The predicted octanol–water partition coefficient (Wildman–Crippen LogP) is 2.32. The number of guanidine groups is 1. The Hall–Kier alpha value is -2.21. The van der Waals surface area contributed by atoms with Crippen LogP contribution in [0.2, 0.25) is 5.02 Å². The van der Waals surface area contributed by atoms with Crippen LogP contribution < -0.4 is 10.6 Å². The summed E-state index contributed by atoms with van der Waals surface area (Å²) in [5.41, 5.74) is 0.831. The van der Waals surface area contributed by atoms with E-state index in [1.165, 1.54) is 0 Å². The van der Waals surface area contributed by atoms with Gasteiger partial charge in [0.1, 0.15) is 12.2 Å². The second kappa shape index (κ2) is 10.0. The highest BCUT2D eigenvalue weighted by Crippen LogP contribution is 2.19. The van der Waals surface area contributed by atoms with Gasteiger partial charge in [0.05, 0.1) is 6.54 Å². The van der Waals surface area contributed by atoms with Crippen LogP contribution in [-0.4, -0.2) is 50.5 Å².